The Kier molecular flexibility index (Phi) is 8.41. The van der Waals surface area contributed by atoms with Crippen LogP contribution in [0, 0.1) is 5.92 Å². The molecule has 0 radical (unpaired) electrons. The molecule has 1 fully saturated rings. The van der Waals surface area contributed by atoms with E-state index in [4.69, 9.17) is 4.74 Å². The Bertz CT molecular complexity index is 659. The van der Waals surface area contributed by atoms with Crippen LogP contribution in [0.1, 0.15) is 26.7 Å². The van der Waals surface area contributed by atoms with Gasteiger partial charge in [-0.1, -0.05) is 6.07 Å². The maximum absolute atomic E-state index is 11.6. The first-order chi connectivity index (χ1) is 13.1. The van der Waals surface area contributed by atoms with Crippen LogP contribution in [0.5, 0.6) is 5.75 Å². The van der Waals surface area contributed by atoms with E-state index >= 15 is 0 Å². The van der Waals surface area contributed by atoms with Crippen LogP contribution in [0.3, 0.4) is 0 Å². The lowest BCUT2D eigenvalue weighted by molar-refractivity contribution is -0.122. The fourth-order valence-electron chi connectivity index (χ4n) is 2.38. The van der Waals surface area contributed by atoms with Crippen molar-refractivity contribution in [2.75, 3.05) is 38.1 Å². The van der Waals surface area contributed by atoms with Gasteiger partial charge >= 0.3 is 0 Å². The van der Waals surface area contributed by atoms with Crippen LogP contribution in [-0.2, 0) is 9.59 Å². The van der Waals surface area contributed by atoms with Gasteiger partial charge in [-0.25, -0.2) is 0 Å². The molecule has 0 spiro atoms. The van der Waals surface area contributed by atoms with Gasteiger partial charge in [-0.3, -0.25) is 14.6 Å². The minimum atomic E-state index is -0.117. The monoisotopic (exact) mass is 375 g/mol. The Morgan fingerprint density at radius 2 is 2.00 bits per heavy atom. The molecular weight excluding hydrogens is 346 g/mol. The number of hydrogen-bond acceptors (Lipinski definition) is 4. The van der Waals surface area contributed by atoms with Crippen molar-refractivity contribution in [1.82, 2.24) is 16.0 Å². The van der Waals surface area contributed by atoms with E-state index in [0.29, 0.717) is 43.6 Å². The zero-order valence-corrected chi connectivity index (χ0v) is 16.0. The van der Waals surface area contributed by atoms with E-state index in [-0.39, 0.29) is 17.7 Å². The summed E-state index contributed by atoms with van der Waals surface area (Å²) in [5.74, 6) is 1.62. The van der Waals surface area contributed by atoms with E-state index in [1.54, 1.807) is 6.07 Å². The number of hydrogen-bond donors (Lipinski definition) is 4. The highest BCUT2D eigenvalue weighted by molar-refractivity contribution is 5.88. The second kappa shape index (κ2) is 11.1. The summed E-state index contributed by atoms with van der Waals surface area (Å²) in [7, 11) is 0. The molecule has 0 atom stereocenters. The van der Waals surface area contributed by atoms with Gasteiger partial charge in [-0.15, -0.1) is 0 Å². The molecule has 148 valence electrons. The average molecular weight is 375 g/mol. The smallest absolute Gasteiger partial charge is 0.223 e. The molecule has 1 aromatic carbocycles. The van der Waals surface area contributed by atoms with E-state index in [0.717, 1.165) is 19.4 Å². The Hall–Kier alpha value is -2.77. The van der Waals surface area contributed by atoms with Crippen LogP contribution in [-0.4, -0.2) is 50.6 Å². The molecule has 4 N–H and O–H groups in total. The number of carbonyl (C=O) groups excluding carboxylic acids is 2. The third-order valence-electron chi connectivity index (χ3n) is 3.79. The van der Waals surface area contributed by atoms with Gasteiger partial charge in [-0.2, -0.15) is 0 Å². The zero-order valence-electron chi connectivity index (χ0n) is 16.0. The van der Waals surface area contributed by atoms with Gasteiger partial charge in [0.05, 0.1) is 13.1 Å². The number of amides is 2. The standard InChI is InChI=1S/C19H29N5O3/c1-3-20-19(22-10-9-21-18(26)15-7-8-15)23-11-12-27-17-6-4-5-16(13-17)24-14(2)25/h4-6,13,15H,3,7-12H2,1-2H3,(H,21,26)(H,24,25)(H2,20,22,23). The molecule has 1 saturated carbocycles. The second-order valence-corrected chi connectivity index (χ2v) is 6.31. The maximum atomic E-state index is 11.6. The molecule has 2 rings (SSSR count). The van der Waals surface area contributed by atoms with E-state index in [2.05, 4.69) is 26.3 Å². The molecule has 2 amide bonds. The van der Waals surface area contributed by atoms with Crippen molar-refractivity contribution >= 4 is 23.5 Å². The van der Waals surface area contributed by atoms with Crippen LogP contribution in [0.25, 0.3) is 0 Å². The van der Waals surface area contributed by atoms with Gasteiger partial charge in [0, 0.05) is 37.7 Å². The van der Waals surface area contributed by atoms with Crippen LogP contribution >= 0.6 is 0 Å². The summed E-state index contributed by atoms with van der Waals surface area (Å²) in [6.07, 6.45) is 2.01. The van der Waals surface area contributed by atoms with Gasteiger partial charge in [-0.05, 0) is 31.9 Å². The topological polar surface area (TPSA) is 104 Å². The molecule has 8 nitrogen and oxygen atoms in total. The number of benzene rings is 1. The van der Waals surface area contributed by atoms with Gasteiger partial charge in [0.1, 0.15) is 12.4 Å². The van der Waals surface area contributed by atoms with Crippen molar-refractivity contribution in [2.24, 2.45) is 10.9 Å². The molecular formula is C19H29N5O3. The first kappa shape index (κ1) is 20.5. The number of rotatable bonds is 10. The van der Waals surface area contributed by atoms with Gasteiger partial charge in [0.2, 0.25) is 11.8 Å². The van der Waals surface area contributed by atoms with Crippen molar-refractivity contribution in [2.45, 2.75) is 26.7 Å². The van der Waals surface area contributed by atoms with Crippen LogP contribution in [0.4, 0.5) is 5.69 Å². The molecule has 1 aliphatic carbocycles. The fraction of sp³-hybridized carbons (Fsp3) is 0.526. The molecule has 8 heteroatoms. The molecule has 0 bridgehead atoms. The molecule has 0 aliphatic heterocycles. The second-order valence-electron chi connectivity index (χ2n) is 6.31. The highest BCUT2D eigenvalue weighted by atomic mass is 16.5. The Balaban J connectivity index is 1.68. The molecule has 0 heterocycles. The molecule has 1 aromatic rings. The number of aliphatic imine (C=N–C) groups is 1. The quantitative estimate of drug-likeness (QED) is 0.279. The van der Waals surface area contributed by atoms with E-state index in [1.807, 2.05) is 25.1 Å². The average Bonchev–Trinajstić information content (AvgIpc) is 3.47. The summed E-state index contributed by atoms with van der Waals surface area (Å²) in [6.45, 7) is 6.30. The molecule has 0 aromatic heterocycles. The first-order valence-corrected chi connectivity index (χ1v) is 9.39. The Morgan fingerprint density at radius 1 is 1.19 bits per heavy atom. The van der Waals surface area contributed by atoms with E-state index in [1.165, 1.54) is 6.92 Å². The summed E-state index contributed by atoms with van der Waals surface area (Å²) in [4.78, 5) is 27.1. The van der Waals surface area contributed by atoms with Crippen molar-refractivity contribution in [3.63, 3.8) is 0 Å². The summed E-state index contributed by atoms with van der Waals surface area (Å²) >= 11 is 0. The van der Waals surface area contributed by atoms with Gasteiger partial charge in [0.15, 0.2) is 5.96 Å². The van der Waals surface area contributed by atoms with Crippen molar-refractivity contribution in [3.05, 3.63) is 24.3 Å². The van der Waals surface area contributed by atoms with E-state index < -0.39 is 0 Å². The van der Waals surface area contributed by atoms with Crippen LogP contribution in [0.2, 0.25) is 0 Å². The van der Waals surface area contributed by atoms with Crippen molar-refractivity contribution in [1.29, 1.82) is 0 Å². The lowest BCUT2D eigenvalue weighted by atomic mass is 10.3. The number of nitrogens with zero attached hydrogens (tertiary/aromatic N) is 1. The third-order valence-corrected chi connectivity index (χ3v) is 3.79. The summed E-state index contributed by atoms with van der Waals surface area (Å²) < 4.78 is 5.69. The number of nitrogens with one attached hydrogen (secondary N) is 4. The zero-order chi connectivity index (χ0) is 19.5. The summed E-state index contributed by atoms with van der Waals surface area (Å²) in [5.41, 5.74) is 0.705. The van der Waals surface area contributed by atoms with E-state index in [9.17, 15) is 9.59 Å². The first-order valence-electron chi connectivity index (χ1n) is 9.39. The molecule has 0 unspecified atom stereocenters. The van der Waals surface area contributed by atoms with Crippen LogP contribution in [0.15, 0.2) is 29.3 Å². The number of ether oxygens (including phenoxy) is 1. The molecule has 1 aliphatic rings. The van der Waals surface area contributed by atoms with Crippen molar-refractivity contribution in [3.8, 4) is 5.75 Å². The van der Waals surface area contributed by atoms with Crippen molar-refractivity contribution < 1.29 is 14.3 Å². The predicted molar refractivity (Wildman–Crippen MR) is 106 cm³/mol. The maximum Gasteiger partial charge on any atom is 0.223 e. The normalized spacial score (nSPS) is 13.6. The number of guanidine groups is 1. The predicted octanol–water partition coefficient (Wildman–Crippen LogP) is 1.11. The minimum Gasteiger partial charge on any atom is -0.492 e. The summed E-state index contributed by atoms with van der Waals surface area (Å²) in [6, 6.07) is 7.26. The minimum absolute atomic E-state index is 0.117. The Labute approximate surface area is 160 Å². The Morgan fingerprint density at radius 3 is 2.70 bits per heavy atom. The lowest BCUT2D eigenvalue weighted by Gasteiger charge is -2.13. The number of anilines is 1. The molecule has 0 saturated heterocycles. The molecule has 27 heavy (non-hydrogen) atoms. The highest BCUT2D eigenvalue weighted by Gasteiger charge is 2.28. The fourth-order valence-corrected chi connectivity index (χ4v) is 2.38. The largest absolute Gasteiger partial charge is 0.492 e. The van der Waals surface area contributed by atoms with Crippen LogP contribution < -0.4 is 26.0 Å². The SMILES string of the molecule is CCNC(=NCCNC(=O)C1CC1)NCCOc1cccc(NC(C)=O)c1. The third kappa shape index (κ3) is 8.44. The summed E-state index contributed by atoms with van der Waals surface area (Å²) in [5, 5.41) is 12.0. The highest BCUT2D eigenvalue weighted by Crippen LogP contribution is 2.28. The number of carbonyl (C=O) groups is 2. The van der Waals surface area contributed by atoms with Gasteiger partial charge in [0.25, 0.3) is 0 Å². The van der Waals surface area contributed by atoms with Gasteiger partial charge < -0.3 is 26.0 Å². The lowest BCUT2D eigenvalue weighted by Crippen LogP contribution is -2.40.